The molecule has 1 spiro atoms. The van der Waals surface area contributed by atoms with Gasteiger partial charge in [0.25, 0.3) is 11.8 Å². The van der Waals surface area contributed by atoms with Gasteiger partial charge in [0.05, 0.1) is 12.2 Å². The summed E-state index contributed by atoms with van der Waals surface area (Å²) in [6.07, 6.45) is 4.09. The van der Waals surface area contributed by atoms with Gasteiger partial charge in [0.1, 0.15) is 11.3 Å². The molecular weight excluding hydrogens is 362 g/mol. The Hall–Kier alpha value is -2.90. The standard InChI is InChI=1S/C20H23N3O5/c1-2-12-5-7-20(8-6-12)18(26)23(19(27)22-20)10-15(24)13-3-4-16-14(9-13)21-17(25)11-28-16/h3-4,9,12H,2,5-8,10-11H2,1H3,(H,21,25)(H,22,27). The first kappa shape index (κ1) is 18.5. The topological polar surface area (TPSA) is 105 Å². The summed E-state index contributed by atoms with van der Waals surface area (Å²) < 4.78 is 5.28. The molecule has 8 heteroatoms. The fourth-order valence-corrected chi connectivity index (χ4v) is 4.23. The van der Waals surface area contributed by atoms with Crippen LogP contribution in [0.2, 0.25) is 0 Å². The maximum absolute atomic E-state index is 12.9. The molecule has 4 amide bonds. The lowest BCUT2D eigenvalue weighted by Gasteiger charge is -2.34. The Labute approximate surface area is 162 Å². The number of imide groups is 1. The molecule has 3 aliphatic rings. The Balaban J connectivity index is 1.48. The summed E-state index contributed by atoms with van der Waals surface area (Å²) in [4.78, 5) is 50.5. The molecule has 28 heavy (non-hydrogen) atoms. The number of benzene rings is 1. The van der Waals surface area contributed by atoms with Crippen LogP contribution < -0.4 is 15.4 Å². The molecule has 4 rings (SSSR count). The van der Waals surface area contributed by atoms with Crippen molar-refractivity contribution < 1.29 is 23.9 Å². The van der Waals surface area contributed by atoms with Crippen LogP contribution in [-0.2, 0) is 9.59 Å². The fraction of sp³-hybridized carbons (Fsp3) is 0.500. The molecule has 1 saturated carbocycles. The number of hydrogen-bond acceptors (Lipinski definition) is 5. The summed E-state index contributed by atoms with van der Waals surface area (Å²) >= 11 is 0. The van der Waals surface area contributed by atoms with Crippen LogP contribution in [0.3, 0.4) is 0 Å². The number of anilines is 1. The number of hydrogen-bond donors (Lipinski definition) is 2. The maximum Gasteiger partial charge on any atom is 0.325 e. The number of carbonyl (C=O) groups is 4. The van der Waals surface area contributed by atoms with E-state index in [4.69, 9.17) is 4.74 Å². The molecule has 1 aromatic rings. The lowest BCUT2D eigenvalue weighted by atomic mass is 9.75. The number of Topliss-reactive ketones (excluding diaryl/α,β-unsaturated/α-hetero) is 1. The van der Waals surface area contributed by atoms with Gasteiger partial charge in [-0.15, -0.1) is 0 Å². The highest BCUT2D eigenvalue weighted by Crippen LogP contribution is 2.37. The number of rotatable bonds is 4. The van der Waals surface area contributed by atoms with Crippen molar-refractivity contribution in [3.8, 4) is 5.75 Å². The van der Waals surface area contributed by atoms with Crippen LogP contribution in [0.25, 0.3) is 0 Å². The first-order chi connectivity index (χ1) is 13.4. The van der Waals surface area contributed by atoms with E-state index in [9.17, 15) is 19.2 Å². The molecule has 2 aliphatic heterocycles. The Bertz CT molecular complexity index is 857. The number of ether oxygens (including phenoxy) is 1. The van der Waals surface area contributed by atoms with Gasteiger partial charge in [-0.1, -0.05) is 13.3 Å². The van der Waals surface area contributed by atoms with E-state index in [0.29, 0.717) is 35.8 Å². The molecule has 1 saturated heterocycles. The summed E-state index contributed by atoms with van der Waals surface area (Å²) in [5, 5.41) is 5.48. The Kier molecular flexibility index (Phi) is 4.56. The van der Waals surface area contributed by atoms with Crippen LogP contribution in [0, 0.1) is 5.92 Å². The highest BCUT2D eigenvalue weighted by Gasteiger charge is 2.52. The molecule has 1 aliphatic carbocycles. The molecule has 0 aromatic heterocycles. The maximum atomic E-state index is 12.9. The van der Waals surface area contributed by atoms with E-state index in [-0.39, 0.29) is 30.7 Å². The normalized spacial score (nSPS) is 26.5. The SMILES string of the molecule is CCC1CCC2(CC1)NC(=O)N(CC(=O)c1ccc3c(c1)NC(=O)CO3)C2=O. The van der Waals surface area contributed by atoms with E-state index in [1.165, 1.54) is 6.07 Å². The van der Waals surface area contributed by atoms with E-state index in [1.54, 1.807) is 12.1 Å². The third-order valence-electron chi connectivity index (χ3n) is 6.02. The van der Waals surface area contributed by atoms with Gasteiger partial charge in [-0.05, 0) is 49.8 Å². The van der Waals surface area contributed by atoms with Crippen molar-refractivity contribution in [2.24, 2.45) is 5.92 Å². The van der Waals surface area contributed by atoms with Crippen molar-refractivity contribution in [1.82, 2.24) is 10.2 Å². The third-order valence-corrected chi connectivity index (χ3v) is 6.02. The summed E-state index contributed by atoms with van der Waals surface area (Å²) in [5.74, 6) is 0.0907. The van der Waals surface area contributed by atoms with E-state index in [0.717, 1.165) is 24.2 Å². The number of fused-ring (bicyclic) bond motifs is 1. The average molecular weight is 385 g/mol. The smallest absolute Gasteiger partial charge is 0.325 e. The molecule has 0 radical (unpaired) electrons. The van der Waals surface area contributed by atoms with E-state index < -0.39 is 11.6 Å². The molecule has 1 aromatic carbocycles. The van der Waals surface area contributed by atoms with Crippen LogP contribution in [0.1, 0.15) is 49.4 Å². The van der Waals surface area contributed by atoms with Crippen molar-refractivity contribution in [3.05, 3.63) is 23.8 Å². The first-order valence-corrected chi connectivity index (χ1v) is 9.66. The van der Waals surface area contributed by atoms with Gasteiger partial charge in [0.2, 0.25) is 0 Å². The molecule has 148 valence electrons. The quantitative estimate of drug-likeness (QED) is 0.610. The molecule has 2 N–H and O–H groups in total. The third kappa shape index (κ3) is 3.12. The Morgan fingerprint density at radius 2 is 2.00 bits per heavy atom. The number of carbonyl (C=O) groups excluding carboxylic acids is 4. The minimum atomic E-state index is -0.860. The summed E-state index contributed by atoms with van der Waals surface area (Å²) in [6.45, 7) is 1.75. The van der Waals surface area contributed by atoms with Crippen LogP contribution in [-0.4, -0.2) is 47.2 Å². The largest absolute Gasteiger partial charge is 0.482 e. The highest BCUT2D eigenvalue weighted by molar-refractivity contribution is 6.11. The van der Waals surface area contributed by atoms with Gasteiger partial charge in [0, 0.05) is 5.56 Å². The predicted octanol–water partition coefficient (Wildman–Crippen LogP) is 2.09. The molecule has 0 atom stereocenters. The van der Waals surface area contributed by atoms with Crippen LogP contribution >= 0.6 is 0 Å². The number of nitrogens with zero attached hydrogens (tertiary/aromatic N) is 1. The van der Waals surface area contributed by atoms with Crippen LogP contribution in [0.4, 0.5) is 10.5 Å². The lowest BCUT2D eigenvalue weighted by Crippen LogP contribution is -2.49. The molecule has 0 bridgehead atoms. The summed E-state index contributed by atoms with van der Waals surface area (Å²) in [6, 6.07) is 4.17. The van der Waals surface area contributed by atoms with Crippen molar-refractivity contribution in [2.75, 3.05) is 18.5 Å². The fourth-order valence-electron chi connectivity index (χ4n) is 4.23. The van der Waals surface area contributed by atoms with Crippen LogP contribution in [0.5, 0.6) is 5.75 Å². The van der Waals surface area contributed by atoms with Gasteiger partial charge in [0.15, 0.2) is 12.4 Å². The Morgan fingerprint density at radius 3 is 2.71 bits per heavy atom. The van der Waals surface area contributed by atoms with Crippen molar-refractivity contribution >= 4 is 29.3 Å². The van der Waals surface area contributed by atoms with Gasteiger partial charge < -0.3 is 15.4 Å². The second-order valence-electron chi connectivity index (χ2n) is 7.73. The van der Waals surface area contributed by atoms with Crippen molar-refractivity contribution in [1.29, 1.82) is 0 Å². The second kappa shape index (κ2) is 6.92. The summed E-state index contributed by atoms with van der Waals surface area (Å²) in [5.41, 5.74) is -0.143. The monoisotopic (exact) mass is 385 g/mol. The van der Waals surface area contributed by atoms with Gasteiger partial charge in [-0.3, -0.25) is 19.3 Å². The molecule has 8 nitrogen and oxygen atoms in total. The molecule has 2 fully saturated rings. The number of amides is 4. The average Bonchev–Trinajstić information content (AvgIpc) is 2.92. The van der Waals surface area contributed by atoms with Crippen molar-refractivity contribution in [2.45, 2.75) is 44.6 Å². The number of nitrogens with one attached hydrogen (secondary N) is 2. The number of ketones is 1. The van der Waals surface area contributed by atoms with E-state index in [1.807, 2.05) is 0 Å². The van der Waals surface area contributed by atoms with E-state index in [2.05, 4.69) is 17.6 Å². The van der Waals surface area contributed by atoms with E-state index >= 15 is 0 Å². The molecular formula is C20H23N3O5. The zero-order valence-electron chi connectivity index (χ0n) is 15.7. The van der Waals surface area contributed by atoms with Gasteiger partial charge in [-0.25, -0.2) is 4.79 Å². The zero-order chi connectivity index (χ0) is 19.9. The molecule has 0 unspecified atom stereocenters. The number of urea groups is 1. The predicted molar refractivity (Wildman–Crippen MR) is 100 cm³/mol. The first-order valence-electron chi connectivity index (χ1n) is 9.66. The van der Waals surface area contributed by atoms with Crippen LogP contribution in [0.15, 0.2) is 18.2 Å². The Morgan fingerprint density at radius 1 is 1.25 bits per heavy atom. The molecule has 2 heterocycles. The zero-order valence-corrected chi connectivity index (χ0v) is 15.7. The lowest BCUT2D eigenvalue weighted by molar-refractivity contribution is -0.132. The highest BCUT2D eigenvalue weighted by atomic mass is 16.5. The summed E-state index contributed by atoms with van der Waals surface area (Å²) in [7, 11) is 0. The van der Waals surface area contributed by atoms with Gasteiger partial charge >= 0.3 is 6.03 Å². The van der Waals surface area contributed by atoms with Crippen molar-refractivity contribution in [3.63, 3.8) is 0 Å². The minimum Gasteiger partial charge on any atom is -0.482 e. The van der Waals surface area contributed by atoms with Gasteiger partial charge in [-0.2, -0.15) is 0 Å². The second-order valence-corrected chi connectivity index (χ2v) is 7.73. The minimum absolute atomic E-state index is 0.0658.